The molecule has 1 spiro atoms. The first-order chi connectivity index (χ1) is 15.4. The number of carbonyl (C=O) groups excluding carboxylic acids is 2. The molecule has 5 rings (SSSR count). The minimum Gasteiger partial charge on any atom is -0.492 e. The normalized spacial score (nSPS) is 19.4. The maximum absolute atomic E-state index is 12.8. The fraction of sp³-hybridized carbons (Fsp3) is 0.440. The van der Waals surface area contributed by atoms with E-state index in [2.05, 4.69) is 10.2 Å². The predicted octanol–water partition coefficient (Wildman–Crippen LogP) is 4.00. The number of nitrogens with one attached hydrogen (secondary N) is 1. The molecule has 0 aliphatic carbocycles. The molecule has 32 heavy (non-hydrogen) atoms. The highest BCUT2D eigenvalue weighted by atomic mass is 35.5. The molecule has 2 aromatic carbocycles. The third kappa shape index (κ3) is 3.55. The molecule has 0 aromatic heterocycles. The second kappa shape index (κ2) is 8.09. The van der Waals surface area contributed by atoms with Crippen molar-refractivity contribution in [1.82, 2.24) is 4.90 Å². The lowest BCUT2D eigenvalue weighted by atomic mass is 9.73. The van der Waals surface area contributed by atoms with E-state index >= 15 is 0 Å². The molecule has 0 radical (unpaired) electrons. The Bertz CT molecular complexity index is 1080. The third-order valence-corrected chi connectivity index (χ3v) is 7.24. The van der Waals surface area contributed by atoms with Crippen LogP contribution >= 0.6 is 11.6 Å². The lowest BCUT2D eigenvalue weighted by Crippen LogP contribution is -2.47. The zero-order chi connectivity index (χ0) is 22.5. The van der Waals surface area contributed by atoms with Gasteiger partial charge in [-0.15, -0.1) is 0 Å². The summed E-state index contributed by atoms with van der Waals surface area (Å²) in [6.45, 7) is 7.11. The molecule has 0 unspecified atom stereocenters. The van der Waals surface area contributed by atoms with Crippen molar-refractivity contribution >= 4 is 34.8 Å². The van der Waals surface area contributed by atoms with Gasteiger partial charge in [0, 0.05) is 29.0 Å². The van der Waals surface area contributed by atoms with E-state index in [1.807, 2.05) is 55.1 Å². The Morgan fingerprint density at radius 1 is 1.12 bits per heavy atom. The van der Waals surface area contributed by atoms with Crippen LogP contribution in [0.3, 0.4) is 0 Å². The molecule has 3 aliphatic rings. The molecule has 1 N–H and O–H groups in total. The minimum absolute atomic E-state index is 0.0915. The number of hydrogen-bond donors (Lipinski definition) is 1. The molecule has 168 valence electrons. The van der Waals surface area contributed by atoms with Crippen LogP contribution in [-0.4, -0.2) is 49.0 Å². The highest BCUT2D eigenvalue weighted by Crippen LogP contribution is 2.45. The van der Waals surface area contributed by atoms with E-state index in [0.717, 1.165) is 60.7 Å². The molecular formula is C25H28ClN3O3. The number of benzene rings is 2. The van der Waals surface area contributed by atoms with Gasteiger partial charge in [-0.2, -0.15) is 0 Å². The summed E-state index contributed by atoms with van der Waals surface area (Å²) in [5.74, 6) is 1.04. The van der Waals surface area contributed by atoms with E-state index in [1.54, 1.807) is 0 Å². The summed E-state index contributed by atoms with van der Waals surface area (Å²) < 4.78 is 6.01. The molecule has 2 aromatic rings. The number of carbonyl (C=O) groups is 2. The van der Waals surface area contributed by atoms with Gasteiger partial charge < -0.3 is 15.0 Å². The van der Waals surface area contributed by atoms with Crippen molar-refractivity contribution in [3.63, 3.8) is 0 Å². The van der Waals surface area contributed by atoms with Gasteiger partial charge >= 0.3 is 0 Å². The van der Waals surface area contributed by atoms with Crippen LogP contribution in [0.15, 0.2) is 36.4 Å². The number of piperidine rings is 1. The van der Waals surface area contributed by atoms with Gasteiger partial charge in [0.1, 0.15) is 12.4 Å². The van der Waals surface area contributed by atoms with E-state index in [-0.39, 0.29) is 17.9 Å². The Morgan fingerprint density at radius 2 is 1.91 bits per heavy atom. The van der Waals surface area contributed by atoms with Gasteiger partial charge in [-0.25, -0.2) is 0 Å². The molecule has 1 fully saturated rings. The fourth-order valence-electron chi connectivity index (χ4n) is 5.31. The van der Waals surface area contributed by atoms with E-state index in [9.17, 15) is 9.59 Å². The number of anilines is 2. The third-order valence-electron chi connectivity index (χ3n) is 7.00. The second-order valence-corrected chi connectivity index (χ2v) is 9.68. The van der Waals surface area contributed by atoms with Crippen molar-refractivity contribution in [1.29, 1.82) is 0 Å². The summed E-state index contributed by atoms with van der Waals surface area (Å²) in [7, 11) is 0. The summed E-state index contributed by atoms with van der Waals surface area (Å²) in [5.41, 5.74) is 3.49. The summed E-state index contributed by atoms with van der Waals surface area (Å²) in [6.07, 6.45) is 1.99. The van der Waals surface area contributed by atoms with Crippen molar-refractivity contribution in [2.75, 3.05) is 36.5 Å². The van der Waals surface area contributed by atoms with Crippen LogP contribution < -0.4 is 15.0 Å². The standard InChI is InChI=1S/C25H28ClN3O3/c1-16(2)29-22-6-4-19(13-17(22)14-23(29)30)32-12-11-28-9-7-25(8-10-28)20-15-18(26)3-5-21(20)27-24(25)31/h3-6,13,15-16H,7-12,14H2,1-2H3,(H,27,31). The number of halogens is 1. The van der Waals surface area contributed by atoms with Gasteiger partial charge in [0.25, 0.3) is 0 Å². The molecule has 7 heteroatoms. The number of fused-ring (bicyclic) bond motifs is 3. The lowest BCUT2D eigenvalue weighted by Gasteiger charge is -2.38. The second-order valence-electron chi connectivity index (χ2n) is 9.24. The molecule has 0 atom stereocenters. The SMILES string of the molecule is CC(C)N1C(=O)Cc2cc(OCCN3CCC4(CC3)C(=O)Nc3ccc(Cl)cc34)ccc21. The molecule has 2 amide bonds. The molecule has 0 saturated carbocycles. The monoisotopic (exact) mass is 453 g/mol. The molecule has 3 heterocycles. The molecule has 3 aliphatic heterocycles. The Balaban J connectivity index is 1.17. The maximum atomic E-state index is 12.8. The van der Waals surface area contributed by atoms with Crippen molar-refractivity contribution in [3.05, 3.63) is 52.5 Å². The molecule has 6 nitrogen and oxygen atoms in total. The smallest absolute Gasteiger partial charge is 0.235 e. The van der Waals surface area contributed by atoms with Gasteiger partial charge in [0.05, 0.1) is 11.8 Å². The Morgan fingerprint density at radius 3 is 2.66 bits per heavy atom. The number of likely N-dealkylation sites (tertiary alicyclic amines) is 1. The number of rotatable bonds is 5. The summed E-state index contributed by atoms with van der Waals surface area (Å²) in [5, 5.41) is 3.70. The van der Waals surface area contributed by atoms with E-state index in [0.29, 0.717) is 18.1 Å². The van der Waals surface area contributed by atoms with Crippen LogP contribution in [0, 0.1) is 0 Å². The quantitative estimate of drug-likeness (QED) is 0.743. The van der Waals surface area contributed by atoms with Gasteiger partial charge in [-0.1, -0.05) is 11.6 Å². The largest absolute Gasteiger partial charge is 0.492 e. The van der Waals surface area contributed by atoms with Crippen LogP contribution in [-0.2, 0) is 21.4 Å². The number of nitrogens with zero attached hydrogens (tertiary/aromatic N) is 2. The first-order valence-corrected chi connectivity index (χ1v) is 11.7. The average molecular weight is 454 g/mol. The minimum atomic E-state index is -0.466. The topological polar surface area (TPSA) is 61.9 Å². The van der Waals surface area contributed by atoms with Crippen molar-refractivity contribution in [2.45, 2.75) is 44.6 Å². The zero-order valence-corrected chi connectivity index (χ0v) is 19.2. The Hall–Kier alpha value is -2.57. The fourth-order valence-corrected chi connectivity index (χ4v) is 5.48. The van der Waals surface area contributed by atoms with Gasteiger partial charge in [-0.05, 0) is 87.3 Å². The molecule has 1 saturated heterocycles. The van der Waals surface area contributed by atoms with Crippen LogP contribution in [0.4, 0.5) is 11.4 Å². The van der Waals surface area contributed by atoms with Crippen molar-refractivity contribution < 1.29 is 14.3 Å². The first kappa shape index (κ1) is 21.3. The Labute approximate surface area is 193 Å². The predicted molar refractivity (Wildman–Crippen MR) is 126 cm³/mol. The van der Waals surface area contributed by atoms with E-state index < -0.39 is 5.41 Å². The van der Waals surface area contributed by atoms with Crippen molar-refractivity contribution in [2.24, 2.45) is 0 Å². The molecule has 0 bridgehead atoms. The Kier molecular flexibility index (Phi) is 5.38. The van der Waals surface area contributed by atoms with Crippen molar-refractivity contribution in [3.8, 4) is 5.75 Å². The average Bonchev–Trinajstić information content (AvgIpc) is 3.23. The number of ether oxygens (including phenoxy) is 1. The highest BCUT2D eigenvalue weighted by molar-refractivity contribution is 6.31. The van der Waals surface area contributed by atoms with Crippen LogP contribution in [0.25, 0.3) is 0 Å². The van der Waals surface area contributed by atoms with Crippen LogP contribution in [0.5, 0.6) is 5.75 Å². The summed E-state index contributed by atoms with van der Waals surface area (Å²) in [4.78, 5) is 29.3. The van der Waals surface area contributed by atoms with Gasteiger partial charge in [0.2, 0.25) is 11.8 Å². The van der Waals surface area contributed by atoms with Crippen LogP contribution in [0.1, 0.15) is 37.8 Å². The first-order valence-electron chi connectivity index (χ1n) is 11.3. The maximum Gasteiger partial charge on any atom is 0.235 e. The van der Waals surface area contributed by atoms with Crippen LogP contribution in [0.2, 0.25) is 5.02 Å². The zero-order valence-electron chi connectivity index (χ0n) is 18.5. The highest BCUT2D eigenvalue weighted by Gasteiger charge is 2.48. The summed E-state index contributed by atoms with van der Waals surface area (Å²) in [6, 6.07) is 11.7. The van der Waals surface area contributed by atoms with E-state index in [1.165, 1.54) is 0 Å². The number of amides is 2. The number of hydrogen-bond acceptors (Lipinski definition) is 4. The lowest BCUT2D eigenvalue weighted by molar-refractivity contribution is -0.122. The molecular weight excluding hydrogens is 426 g/mol. The summed E-state index contributed by atoms with van der Waals surface area (Å²) >= 11 is 6.21. The van der Waals surface area contributed by atoms with E-state index in [4.69, 9.17) is 16.3 Å². The van der Waals surface area contributed by atoms with Gasteiger partial charge in [0.15, 0.2) is 0 Å². The van der Waals surface area contributed by atoms with Gasteiger partial charge in [-0.3, -0.25) is 14.5 Å².